The van der Waals surface area contributed by atoms with E-state index in [2.05, 4.69) is 5.32 Å². The highest BCUT2D eigenvalue weighted by Gasteiger charge is 2.41. The predicted molar refractivity (Wildman–Crippen MR) is 166 cm³/mol. The normalized spacial score (nSPS) is 13.5. The molecule has 0 saturated heterocycles. The molecular weight excluding hydrogens is 685 g/mol. The van der Waals surface area contributed by atoms with Gasteiger partial charge in [0.25, 0.3) is 5.56 Å². The average molecular weight is 722 g/mol. The summed E-state index contributed by atoms with van der Waals surface area (Å²) in [5.74, 6) is -8.21. The highest BCUT2D eigenvalue weighted by Crippen LogP contribution is 2.42. The van der Waals surface area contributed by atoms with Gasteiger partial charge in [-0.15, -0.1) is 0 Å². The number of nitrogens with zero attached hydrogens (tertiary/aromatic N) is 2. The Balaban J connectivity index is 2.29. The molecule has 50 heavy (non-hydrogen) atoms. The zero-order chi connectivity index (χ0) is 38.0. The predicted octanol–water partition coefficient (Wildman–Crippen LogP) is 7.61. The van der Waals surface area contributed by atoms with Crippen molar-refractivity contribution in [3.8, 4) is 11.1 Å². The average Bonchev–Trinajstić information content (AvgIpc) is 2.94. The Labute approximate surface area is 281 Å². The lowest BCUT2D eigenvalue weighted by Crippen LogP contribution is -2.41. The maximum absolute atomic E-state index is 16.3. The number of hydrogen-bond donors (Lipinski definition) is 2. The minimum atomic E-state index is -5.45. The smallest absolute Gasteiger partial charge is 0.419 e. The van der Waals surface area contributed by atoms with Gasteiger partial charge in [-0.3, -0.25) is 14.4 Å². The second kappa shape index (κ2) is 15.3. The number of rotatable bonds is 12. The van der Waals surface area contributed by atoms with Crippen LogP contribution in [-0.2, 0) is 28.4 Å². The van der Waals surface area contributed by atoms with E-state index in [0.717, 1.165) is 18.3 Å². The number of carbonyl (C=O) groups is 2. The molecule has 274 valence electrons. The molecule has 2 aromatic carbocycles. The van der Waals surface area contributed by atoms with Crippen LogP contribution in [0.5, 0.6) is 0 Å². The van der Waals surface area contributed by atoms with Crippen molar-refractivity contribution in [1.82, 2.24) is 14.8 Å². The molecule has 7 nitrogen and oxygen atoms in total. The minimum Gasteiger partial charge on any atom is -0.481 e. The lowest BCUT2D eigenvalue weighted by Gasteiger charge is -2.27. The maximum atomic E-state index is 16.3. The Morgan fingerprint density at radius 3 is 1.94 bits per heavy atom. The summed E-state index contributed by atoms with van der Waals surface area (Å²) in [5, 5.41) is 11.7. The standard InChI is InChI=1S/C34H36F9N3O4/c1-16(2)9-25(46-15-19(7-8-45(5)6)22(13-26(46)47)33(38,39)40)32(50)44-24(14-27(48)49)29-30(36)21(12-23(31(29)37)34(41,42)43)28-17(3)10-20(35)11-18(28)4/h10-13,15-16,24-25H,7-9,14H2,1-6H3,(H,44,50)(H,48,49). The van der Waals surface area contributed by atoms with E-state index in [1.807, 2.05) is 0 Å². The molecule has 0 fully saturated rings. The number of alkyl halides is 6. The number of benzene rings is 2. The van der Waals surface area contributed by atoms with Crippen molar-refractivity contribution in [2.24, 2.45) is 5.92 Å². The number of hydrogen-bond acceptors (Lipinski definition) is 4. The number of likely N-dealkylation sites (N-methyl/N-ethyl adjacent to an activating group) is 1. The third kappa shape index (κ3) is 9.25. The van der Waals surface area contributed by atoms with Crippen LogP contribution in [0.2, 0.25) is 0 Å². The van der Waals surface area contributed by atoms with E-state index in [0.29, 0.717) is 10.6 Å². The van der Waals surface area contributed by atoms with E-state index in [1.165, 1.54) is 13.8 Å². The third-order valence-electron chi connectivity index (χ3n) is 7.98. The van der Waals surface area contributed by atoms with Gasteiger partial charge in [-0.25, -0.2) is 13.2 Å². The first kappa shape index (κ1) is 40.1. The van der Waals surface area contributed by atoms with Crippen LogP contribution in [0.25, 0.3) is 11.1 Å². The first-order valence-corrected chi connectivity index (χ1v) is 15.3. The van der Waals surface area contributed by atoms with E-state index in [1.54, 1.807) is 32.8 Å². The van der Waals surface area contributed by atoms with Gasteiger partial charge in [0.05, 0.1) is 23.6 Å². The fraction of sp³-hybridized carbons (Fsp3) is 0.441. The van der Waals surface area contributed by atoms with Crippen molar-refractivity contribution in [3.05, 3.63) is 91.6 Å². The van der Waals surface area contributed by atoms with Crippen molar-refractivity contribution < 1.29 is 54.2 Å². The topological polar surface area (TPSA) is 91.6 Å². The van der Waals surface area contributed by atoms with E-state index >= 15 is 8.78 Å². The second-order valence-corrected chi connectivity index (χ2v) is 12.7. The van der Waals surface area contributed by atoms with Crippen LogP contribution in [0.4, 0.5) is 39.5 Å². The van der Waals surface area contributed by atoms with Crippen molar-refractivity contribution in [2.75, 3.05) is 20.6 Å². The molecule has 2 unspecified atom stereocenters. The Morgan fingerprint density at radius 1 is 0.900 bits per heavy atom. The van der Waals surface area contributed by atoms with Crippen molar-refractivity contribution in [1.29, 1.82) is 0 Å². The molecule has 3 aromatic rings. The Morgan fingerprint density at radius 2 is 1.46 bits per heavy atom. The van der Waals surface area contributed by atoms with Crippen LogP contribution in [-0.4, -0.2) is 47.1 Å². The number of aliphatic carboxylic acids is 1. The maximum Gasteiger partial charge on any atom is 0.419 e. The summed E-state index contributed by atoms with van der Waals surface area (Å²) >= 11 is 0. The molecule has 2 N–H and O–H groups in total. The monoisotopic (exact) mass is 721 g/mol. The summed E-state index contributed by atoms with van der Waals surface area (Å²) in [6.07, 6.45) is -11.4. The van der Waals surface area contributed by atoms with Gasteiger partial charge in [-0.05, 0) is 87.2 Å². The highest BCUT2D eigenvalue weighted by atomic mass is 19.4. The number of nitrogens with one attached hydrogen (secondary N) is 1. The quantitative estimate of drug-likeness (QED) is 0.188. The van der Waals surface area contributed by atoms with Gasteiger partial charge < -0.3 is 19.9 Å². The molecule has 3 rings (SSSR count). The van der Waals surface area contributed by atoms with Gasteiger partial charge in [0.15, 0.2) is 0 Å². The van der Waals surface area contributed by atoms with Crippen LogP contribution >= 0.6 is 0 Å². The summed E-state index contributed by atoms with van der Waals surface area (Å²) < 4.78 is 131. The first-order chi connectivity index (χ1) is 22.9. The molecule has 2 atom stereocenters. The Kier molecular flexibility index (Phi) is 12.2. The van der Waals surface area contributed by atoms with Gasteiger partial charge >= 0.3 is 18.3 Å². The van der Waals surface area contributed by atoms with Crippen molar-refractivity contribution >= 4 is 11.9 Å². The summed E-state index contributed by atoms with van der Waals surface area (Å²) in [4.78, 5) is 40.4. The van der Waals surface area contributed by atoms with E-state index in [9.17, 15) is 50.2 Å². The fourth-order valence-electron chi connectivity index (χ4n) is 5.79. The zero-order valence-corrected chi connectivity index (χ0v) is 27.9. The molecule has 1 amide bonds. The van der Waals surface area contributed by atoms with Crippen LogP contribution in [0.3, 0.4) is 0 Å². The minimum absolute atomic E-state index is 0.0327. The van der Waals surface area contributed by atoms with E-state index in [4.69, 9.17) is 0 Å². The lowest BCUT2D eigenvalue weighted by molar-refractivity contribution is -0.140. The number of halogens is 9. The molecule has 0 aliphatic heterocycles. The number of amides is 1. The van der Waals surface area contributed by atoms with Crippen molar-refractivity contribution in [2.45, 2.75) is 71.4 Å². The highest BCUT2D eigenvalue weighted by molar-refractivity contribution is 5.82. The summed E-state index contributed by atoms with van der Waals surface area (Å²) in [7, 11) is 3.19. The van der Waals surface area contributed by atoms with Gasteiger partial charge in [-0.1, -0.05) is 13.8 Å². The van der Waals surface area contributed by atoms with Crippen LogP contribution in [0.15, 0.2) is 35.3 Å². The number of carboxylic acid groups (broad SMARTS) is 1. The van der Waals surface area contributed by atoms with Crippen LogP contribution in [0, 0.1) is 37.2 Å². The summed E-state index contributed by atoms with van der Waals surface area (Å²) in [6.45, 7) is 5.81. The molecule has 0 spiro atoms. The molecule has 16 heteroatoms. The molecule has 1 aromatic heterocycles. The molecule has 0 aliphatic rings. The second-order valence-electron chi connectivity index (χ2n) is 12.7. The van der Waals surface area contributed by atoms with Gasteiger partial charge in [0.1, 0.15) is 23.5 Å². The lowest BCUT2D eigenvalue weighted by atomic mass is 9.89. The number of aryl methyl sites for hydroxylation is 2. The SMILES string of the molecule is Cc1cc(F)cc(C)c1-c1cc(C(F)(F)F)c(F)c(C(CC(=O)O)NC(=O)C(CC(C)C)n2cc(CCN(C)C)c(C(F)(F)F)cc2=O)c1F. The van der Waals surface area contributed by atoms with E-state index < -0.39 is 93.9 Å². The molecule has 0 bridgehead atoms. The summed E-state index contributed by atoms with van der Waals surface area (Å²) in [6, 6.07) is -1.72. The molecule has 0 saturated carbocycles. The number of carboxylic acids is 1. The van der Waals surface area contributed by atoms with Crippen molar-refractivity contribution in [3.63, 3.8) is 0 Å². The Hall–Kier alpha value is -4.34. The van der Waals surface area contributed by atoms with E-state index in [-0.39, 0.29) is 47.7 Å². The number of aromatic nitrogens is 1. The van der Waals surface area contributed by atoms with Crippen LogP contribution in [0.1, 0.15) is 72.2 Å². The molecule has 1 heterocycles. The third-order valence-corrected chi connectivity index (χ3v) is 7.98. The molecule has 0 aliphatic carbocycles. The molecule has 0 radical (unpaired) electrons. The van der Waals surface area contributed by atoms with Gasteiger partial charge in [-0.2, -0.15) is 26.3 Å². The van der Waals surface area contributed by atoms with Gasteiger partial charge in [0.2, 0.25) is 5.91 Å². The van der Waals surface area contributed by atoms with Gasteiger partial charge in [0, 0.05) is 29.9 Å². The van der Waals surface area contributed by atoms with Crippen LogP contribution < -0.4 is 10.9 Å². The summed E-state index contributed by atoms with van der Waals surface area (Å²) in [5.41, 5.74) is -7.51. The zero-order valence-electron chi connectivity index (χ0n) is 27.9. The fourth-order valence-corrected chi connectivity index (χ4v) is 5.79. The molecular formula is C34H36F9N3O4. The first-order valence-electron chi connectivity index (χ1n) is 15.3. The number of carbonyl (C=O) groups excluding carboxylic acids is 1. The number of pyridine rings is 1. The Bertz CT molecular complexity index is 1790. The largest absolute Gasteiger partial charge is 0.481 e.